The van der Waals surface area contributed by atoms with Crippen LogP contribution in [0.25, 0.3) is 0 Å². The molecule has 3 atom stereocenters. The number of rotatable bonds is 7. The van der Waals surface area contributed by atoms with Crippen molar-refractivity contribution in [3.8, 4) is 5.75 Å². The molecule has 154 valence electrons. The fourth-order valence-corrected chi connectivity index (χ4v) is 4.42. The third kappa shape index (κ3) is 5.74. The second-order valence-corrected chi connectivity index (χ2v) is 7.28. The van der Waals surface area contributed by atoms with E-state index in [1.165, 1.54) is 12.8 Å². The number of carbonyl (C=O) groups is 1. The van der Waals surface area contributed by atoms with E-state index in [0.29, 0.717) is 19.0 Å². The molecule has 1 amide bonds. The smallest absolute Gasteiger partial charge is 0.223 e. The van der Waals surface area contributed by atoms with Crippen molar-refractivity contribution in [1.29, 1.82) is 0 Å². The zero-order valence-electron chi connectivity index (χ0n) is 16.1. The molecule has 1 aliphatic carbocycles. The number of benzene rings is 1. The van der Waals surface area contributed by atoms with E-state index in [4.69, 9.17) is 10.5 Å². The standard InChI is InChI=1S/C20H31N3O2.2ClH/c1-25-19-10-3-2-8-17(19)18(23-11-4-5-12-23)14-22-20(24)16-9-6-7-15(16)13-21;;/h2-3,8,10,15-16,18H,4-7,9,11-14,21H2,1H3,(H,22,24);2*1H/t15-,16-,18?;;/m1../s1. The molecule has 2 fully saturated rings. The average Bonchev–Trinajstić information content (AvgIpc) is 3.33. The summed E-state index contributed by atoms with van der Waals surface area (Å²) in [5.41, 5.74) is 7.00. The molecule has 0 spiro atoms. The van der Waals surface area contributed by atoms with Crippen molar-refractivity contribution in [2.24, 2.45) is 17.6 Å². The van der Waals surface area contributed by atoms with Crippen LogP contribution in [0.3, 0.4) is 0 Å². The summed E-state index contributed by atoms with van der Waals surface area (Å²) in [4.78, 5) is 15.2. The SMILES string of the molecule is COc1ccccc1C(CNC(=O)[C@@H]1CCC[C@@H]1CN)N1CCCC1.Cl.Cl. The Morgan fingerprint density at radius 1 is 1.22 bits per heavy atom. The molecule has 1 aliphatic heterocycles. The Kier molecular flexibility index (Phi) is 10.5. The predicted molar refractivity (Wildman–Crippen MR) is 114 cm³/mol. The van der Waals surface area contributed by atoms with Gasteiger partial charge in [0.2, 0.25) is 5.91 Å². The fourth-order valence-electron chi connectivity index (χ4n) is 4.42. The van der Waals surface area contributed by atoms with Crippen LogP contribution in [0.1, 0.15) is 43.7 Å². The van der Waals surface area contributed by atoms with E-state index in [1.54, 1.807) is 7.11 Å². The highest BCUT2D eigenvalue weighted by Crippen LogP contribution is 2.33. The Labute approximate surface area is 175 Å². The van der Waals surface area contributed by atoms with Gasteiger partial charge in [0.25, 0.3) is 0 Å². The first-order valence-electron chi connectivity index (χ1n) is 9.59. The van der Waals surface area contributed by atoms with Gasteiger partial charge in [0.15, 0.2) is 0 Å². The number of amides is 1. The Balaban J connectivity index is 0.00000182. The van der Waals surface area contributed by atoms with Gasteiger partial charge in [0.05, 0.1) is 13.2 Å². The summed E-state index contributed by atoms with van der Waals surface area (Å²) in [5, 5.41) is 3.22. The van der Waals surface area contributed by atoms with Gasteiger partial charge in [-0.1, -0.05) is 24.6 Å². The highest BCUT2D eigenvalue weighted by molar-refractivity contribution is 5.85. The molecular formula is C20H33Cl2N3O2. The van der Waals surface area contributed by atoms with Crippen LogP contribution in [0.5, 0.6) is 5.75 Å². The molecule has 0 radical (unpaired) electrons. The number of nitrogens with zero attached hydrogens (tertiary/aromatic N) is 1. The van der Waals surface area contributed by atoms with Crippen LogP contribution < -0.4 is 15.8 Å². The zero-order chi connectivity index (χ0) is 17.6. The third-order valence-electron chi connectivity index (χ3n) is 5.85. The predicted octanol–water partition coefficient (Wildman–Crippen LogP) is 3.17. The summed E-state index contributed by atoms with van der Waals surface area (Å²) < 4.78 is 5.57. The Bertz CT molecular complexity index is 582. The van der Waals surface area contributed by atoms with Crippen molar-refractivity contribution in [3.63, 3.8) is 0 Å². The Morgan fingerprint density at radius 2 is 1.93 bits per heavy atom. The number of halogens is 2. The number of nitrogens with two attached hydrogens (primary N) is 1. The maximum atomic E-state index is 12.7. The van der Waals surface area contributed by atoms with Gasteiger partial charge in [0.1, 0.15) is 5.75 Å². The largest absolute Gasteiger partial charge is 0.496 e. The van der Waals surface area contributed by atoms with Gasteiger partial charge in [-0.05, 0) is 57.3 Å². The quantitative estimate of drug-likeness (QED) is 0.714. The molecule has 1 aromatic carbocycles. The summed E-state index contributed by atoms with van der Waals surface area (Å²) in [6.07, 6.45) is 5.60. The van der Waals surface area contributed by atoms with Crippen molar-refractivity contribution < 1.29 is 9.53 Å². The first-order valence-corrected chi connectivity index (χ1v) is 9.59. The van der Waals surface area contributed by atoms with Crippen LogP contribution in [0, 0.1) is 11.8 Å². The highest BCUT2D eigenvalue weighted by Gasteiger charge is 2.33. The highest BCUT2D eigenvalue weighted by atomic mass is 35.5. The van der Waals surface area contributed by atoms with Crippen LogP contribution in [-0.2, 0) is 4.79 Å². The first kappa shape index (κ1) is 24.0. The average molecular weight is 418 g/mol. The molecule has 1 aromatic rings. The summed E-state index contributed by atoms with van der Waals surface area (Å²) in [5.74, 6) is 1.50. The van der Waals surface area contributed by atoms with Gasteiger partial charge >= 0.3 is 0 Å². The minimum Gasteiger partial charge on any atom is -0.496 e. The molecule has 1 heterocycles. The summed E-state index contributed by atoms with van der Waals surface area (Å²) in [6, 6.07) is 8.32. The molecular weight excluding hydrogens is 385 g/mol. The molecule has 3 rings (SSSR count). The molecule has 1 unspecified atom stereocenters. The van der Waals surface area contributed by atoms with Crippen LogP contribution in [-0.4, -0.2) is 44.1 Å². The normalized spacial score (nSPS) is 23.2. The van der Waals surface area contributed by atoms with Crippen LogP contribution in [0.15, 0.2) is 24.3 Å². The zero-order valence-corrected chi connectivity index (χ0v) is 17.7. The number of carbonyl (C=O) groups excluding carboxylic acids is 1. The third-order valence-corrected chi connectivity index (χ3v) is 5.85. The number of likely N-dealkylation sites (tertiary alicyclic amines) is 1. The number of ether oxygens (including phenoxy) is 1. The number of para-hydroxylation sites is 1. The first-order chi connectivity index (χ1) is 12.2. The lowest BCUT2D eigenvalue weighted by Crippen LogP contribution is -2.41. The van der Waals surface area contributed by atoms with Crippen molar-refractivity contribution in [3.05, 3.63) is 29.8 Å². The van der Waals surface area contributed by atoms with E-state index >= 15 is 0 Å². The van der Waals surface area contributed by atoms with Gasteiger partial charge in [-0.15, -0.1) is 24.8 Å². The number of nitrogens with one attached hydrogen (secondary N) is 1. The topological polar surface area (TPSA) is 67.6 Å². The molecule has 5 nitrogen and oxygen atoms in total. The lowest BCUT2D eigenvalue weighted by Gasteiger charge is -2.30. The van der Waals surface area contributed by atoms with E-state index in [0.717, 1.165) is 43.7 Å². The maximum Gasteiger partial charge on any atom is 0.223 e. The van der Waals surface area contributed by atoms with Gasteiger partial charge in [-0.2, -0.15) is 0 Å². The lowest BCUT2D eigenvalue weighted by molar-refractivity contribution is -0.126. The van der Waals surface area contributed by atoms with E-state index < -0.39 is 0 Å². The van der Waals surface area contributed by atoms with Crippen molar-refractivity contribution in [2.45, 2.75) is 38.1 Å². The van der Waals surface area contributed by atoms with Crippen LogP contribution in [0.2, 0.25) is 0 Å². The van der Waals surface area contributed by atoms with Gasteiger partial charge in [-0.3, -0.25) is 9.69 Å². The van der Waals surface area contributed by atoms with Crippen molar-refractivity contribution >= 4 is 30.7 Å². The monoisotopic (exact) mass is 417 g/mol. The number of methoxy groups -OCH3 is 1. The summed E-state index contributed by atoms with van der Waals surface area (Å²) in [6.45, 7) is 3.40. The van der Waals surface area contributed by atoms with E-state index in [1.807, 2.05) is 18.2 Å². The molecule has 27 heavy (non-hydrogen) atoms. The van der Waals surface area contributed by atoms with Crippen molar-refractivity contribution in [2.75, 3.05) is 33.3 Å². The molecule has 7 heteroatoms. The minimum atomic E-state index is 0. The lowest BCUT2D eigenvalue weighted by atomic mass is 9.95. The Hall–Kier alpha value is -1.01. The Morgan fingerprint density at radius 3 is 2.59 bits per heavy atom. The van der Waals surface area contributed by atoms with Gasteiger partial charge in [0, 0.05) is 18.0 Å². The summed E-state index contributed by atoms with van der Waals surface area (Å²) in [7, 11) is 1.71. The molecule has 0 bridgehead atoms. The minimum absolute atomic E-state index is 0. The molecule has 3 N–H and O–H groups in total. The van der Waals surface area contributed by atoms with E-state index in [2.05, 4.69) is 16.3 Å². The second kappa shape index (κ2) is 11.7. The number of hydrogen-bond acceptors (Lipinski definition) is 4. The fraction of sp³-hybridized carbons (Fsp3) is 0.650. The van der Waals surface area contributed by atoms with E-state index in [-0.39, 0.29) is 42.7 Å². The molecule has 2 aliphatic rings. The second-order valence-electron chi connectivity index (χ2n) is 7.28. The van der Waals surface area contributed by atoms with E-state index in [9.17, 15) is 4.79 Å². The van der Waals surface area contributed by atoms with Crippen LogP contribution >= 0.6 is 24.8 Å². The van der Waals surface area contributed by atoms with Crippen LogP contribution in [0.4, 0.5) is 0 Å². The van der Waals surface area contributed by atoms with Gasteiger partial charge < -0.3 is 15.8 Å². The number of hydrogen-bond donors (Lipinski definition) is 2. The van der Waals surface area contributed by atoms with Gasteiger partial charge in [-0.25, -0.2) is 0 Å². The molecule has 1 saturated carbocycles. The molecule has 1 saturated heterocycles. The van der Waals surface area contributed by atoms with Crippen molar-refractivity contribution in [1.82, 2.24) is 10.2 Å². The maximum absolute atomic E-state index is 12.7. The molecule has 0 aromatic heterocycles. The summed E-state index contributed by atoms with van der Waals surface area (Å²) >= 11 is 0.